The molecule has 0 spiro atoms. The number of pyridine rings is 1. The van der Waals surface area contributed by atoms with Crippen molar-refractivity contribution in [2.75, 3.05) is 6.61 Å². The van der Waals surface area contributed by atoms with Crippen LogP contribution in [0.1, 0.15) is 99.9 Å². The predicted molar refractivity (Wildman–Crippen MR) is 132 cm³/mol. The zero-order valence-corrected chi connectivity index (χ0v) is 22.8. The highest BCUT2D eigenvalue weighted by Crippen LogP contribution is 2.14. The lowest BCUT2D eigenvalue weighted by atomic mass is 10.1. The zero-order valence-electron chi connectivity index (χ0n) is 20.7. The number of carbonyl (C=O) groups excluding carboxylic acids is 1. The third-order valence-corrected chi connectivity index (χ3v) is 5.88. The van der Waals surface area contributed by atoms with Gasteiger partial charge in [-0.05, 0) is 24.1 Å². The highest BCUT2D eigenvalue weighted by Gasteiger charge is 2.06. The molecule has 1 amide bonds. The summed E-state index contributed by atoms with van der Waals surface area (Å²) in [5.74, 6) is 0.844. The van der Waals surface area contributed by atoms with Gasteiger partial charge < -0.3 is 34.0 Å². The van der Waals surface area contributed by atoms with Gasteiger partial charge in [-0.1, -0.05) is 89.7 Å². The van der Waals surface area contributed by atoms with E-state index in [1.54, 1.807) is 0 Å². The molecular formula is C28H43IN2O2. The van der Waals surface area contributed by atoms with Crippen molar-refractivity contribution in [3.63, 3.8) is 0 Å². The molecule has 184 valence electrons. The Labute approximate surface area is 218 Å². The van der Waals surface area contributed by atoms with Gasteiger partial charge in [0.15, 0.2) is 12.4 Å². The number of carbonyl (C=O) groups is 1. The Morgan fingerprint density at radius 3 is 1.85 bits per heavy atom. The second kappa shape index (κ2) is 18.8. The number of aromatic nitrogens is 1. The van der Waals surface area contributed by atoms with Gasteiger partial charge in [-0.3, -0.25) is 4.79 Å². The zero-order chi connectivity index (χ0) is 22.9. The molecule has 0 aliphatic carbocycles. The first-order valence-corrected chi connectivity index (χ1v) is 12.6. The van der Waals surface area contributed by atoms with E-state index < -0.39 is 0 Å². The van der Waals surface area contributed by atoms with Crippen LogP contribution in [-0.2, 0) is 13.6 Å². The largest absolute Gasteiger partial charge is 1.00 e. The SMILES string of the molecule is CCCCCCCCCCCCCCOc1ccc(CNC(=O)c2cc[n+](C)cc2)cc1.[I-]. The summed E-state index contributed by atoms with van der Waals surface area (Å²) in [6, 6.07) is 11.7. The molecule has 4 nitrogen and oxygen atoms in total. The Morgan fingerprint density at radius 1 is 0.788 bits per heavy atom. The van der Waals surface area contributed by atoms with Crippen LogP contribution >= 0.6 is 0 Å². The molecule has 2 rings (SSSR count). The molecule has 0 unspecified atom stereocenters. The smallest absolute Gasteiger partial charge is 0.252 e. The van der Waals surface area contributed by atoms with E-state index in [2.05, 4.69) is 12.2 Å². The quantitative estimate of drug-likeness (QED) is 0.181. The second-order valence-corrected chi connectivity index (χ2v) is 8.82. The summed E-state index contributed by atoms with van der Waals surface area (Å²) in [5.41, 5.74) is 1.74. The lowest BCUT2D eigenvalue weighted by molar-refractivity contribution is -0.671. The number of unbranched alkanes of at least 4 members (excludes halogenated alkanes) is 11. The lowest BCUT2D eigenvalue weighted by Gasteiger charge is -2.08. The van der Waals surface area contributed by atoms with Crippen LogP contribution in [0.25, 0.3) is 0 Å². The first-order chi connectivity index (χ1) is 15.7. The lowest BCUT2D eigenvalue weighted by Crippen LogP contribution is -3.00. The molecular weight excluding hydrogens is 523 g/mol. The van der Waals surface area contributed by atoms with Crippen molar-refractivity contribution in [2.45, 2.75) is 90.5 Å². The van der Waals surface area contributed by atoms with Crippen molar-refractivity contribution < 1.29 is 38.1 Å². The van der Waals surface area contributed by atoms with Gasteiger partial charge in [-0.15, -0.1) is 0 Å². The number of hydrogen-bond acceptors (Lipinski definition) is 2. The van der Waals surface area contributed by atoms with Crippen LogP contribution in [0.4, 0.5) is 0 Å². The average molecular weight is 567 g/mol. The number of nitrogens with zero attached hydrogens (tertiary/aromatic N) is 1. The van der Waals surface area contributed by atoms with Crippen molar-refractivity contribution >= 4 is 5.91 Å². The minimum Gasteiger partial charge on any atom is -1.00 e. The topological polar surface area (TPSA) is 42.2 Å². The molecule has 0 radical (unpaired) electrons. The summed E-state index contributed by atoms with van der Waals surface area (Å²) in [4.78, 5) is 12.2. The average Bonchev–Trinajstić information content (AvgIpc) is 2.81. The van der Waals surface area contributed by atoms with E-state index in [9.17, 15) is 4.79 Å². The van der Waals surface area contributed by atoms with Gasteiger partial charge >= 0.3 is 0 Å². The molecule has 1 aromatic heterocycles. The first-order valence-electron chi connectivity index (χ1n) is 12.6. The molecule has 0 bridgehead atoms. The highest BCUT2D eigenvalue weighted by atomic mass is 127. The van der Waals surface area contributed by atoms with Crippen LogP contribution in [0, 0.1) is 0 Å². The van der Waals surface area contributed by atoms with Crippen molar-refractivity contribution in [3.8, 4) is 5.75 Å². The van der Waals surface area contributed by atoms with E-state index in [1.165, 1.54) is 70.6 Å². The van der Waals surface area contributed by atoms with Crippen molar-refractivity contribution in [2.24, 2.45) is 7.05 Å². The Bertz CT molecular complexity index is 747. The first kappa shape index (κ1) is 29.4. The molecule has 33 heavy (non-hydrogen) atoms. The number of benzene rings is 1. The van der Waals surface area contributed by atoms with Crippen LogP contribution in [0.5, 0.6) is 5.75 Å². The number of halogens is 1. The normalized spacial score (nSPS) is 10.5. The summed E-state index contributed by atoms with van der Waals surface area (Å²) in [6.07, 6.45) is 20.0. The maximum Gasteiger partial charge on any atom is 0.252 e. The summed E-state index contributed by atoms with van der Waals surface area (Å²) in [6.45, 7) is 3.57. The van der Waals surface area contributed by atoms with Gasteiger partial charge in [0.2, 0.25) is 0 Å². The van der Waals surface area contributed by atoms with Crippen molar-refractivity contribution in [3.05, 3.63) is 59.9 Å². The summed E-state index contributed by atoms with van der Waals surface area (Å²) in [5, 5.41) is 2.96. The molecule has 2 aromatic rings. The maximum absolute atomic E-state index is 12.2. The summed E-state index contributed by atoms with van der Waals surface area (Å²) < 4.78 is 7.78. The van der Waals surface area contributed by atoms with E-state index in [-0.39, 0.29) is 29.9 Å². The Hall–Kier alpha value is -1.63. The van der Waals surface area contributed by atoms with Gasteiger partial charge in [-0.2, -0.15) is 0 Å². The highest BCUT2D eigenvalue weighted by molar-refractivity contribution is 5.93. The fourth-order valence-corrected chi connectivity index (χ4v) is 3.77. The van der Waals surface area contributed by atoms with E-state index in [0.29, 0.717) is 12.1 Å². The monoisotopic (exact) mass is 566 g/mol. The molecule has 1 heterocycles. The molecule has 0 aliphatic rings. The molecule has 0 atom stereocenters. The maximum atomic E-state index is 12.2. The van der Waals surface area contributed by atoms with E-state index in [0.717, 1.165) is 24.3 Å². The van der Waals surface area contributed by atoms with Gasteiger partial charge in [0.25, 0.3) is 5.91 Å². The Balaban J connectivity index is 0.00000544. The van der Waals surface area contributed by atoms with Gasteiger partial charge in [0.1, 0.15) is 12.8 Å². The number of ether oxygens (including phenoxy) is 1. The standard InChI is InChI=1S/C28H42N2O2.HI/c1-3-4-5-6-7-8-9-10-11-12-13-14-23-32-27-17-15-25(16-18-27)24-29-28(31)26-19-21-30(2)22-20-26;/h15-22H,3-14,23-24H2,1-2H3;1H. The molecule has 1 aromatic carbocycles. The van der Waals surface area contributed by atoms with Gasteiger partial charge in [0.05, 0.1) is 12.2 Å². The molecule has 0 saturated heterocycles. The minimum absolute atomic E-state index is 0. The minimum atomic E-state index is -0.0575. The molecule has 5 heteroatoms. The van der Waals surface area contributed by atoms with Crippen LogP contribution in [-0.4, -0.2) is 12.5 Å². The van der Waals surface area contributed by atoms with E-state index in [4.69, 9.17) is 4.74 Å². The van der Waals surface area contributed by atoms with Crippen LogP contribution < -0.4 is 38.6 Å². The fraction of sp³-hybridized carbons (Fsp3) is 0.571. The van der Waals surface area contributed by atoms with E-state index >= 15 is 0 Å². The van der Waals surface area contributed by atoms with Crippen molar-refractivity contribution in [1.82, 2.24) is 5.32 Å². The number of nitrogens with one attached hydrogen (secondary N) is 1. The number of aryl methyl sites for hydroxylation is 1. The molecule has 1 N–H and O–H groups in total. The van der Waals surface area contributed by atoms with Crippen LogP contribution in [0.15, 0.2) is 48.8 Å². The van der Waals surface area contributed by atoms with Gasteiger partial charge in [0, 0.05) is 18.7 Å². The second-order valence-electron chi connectivity index (χ2n) is 8.82. The Kier molecular flexibility index (Phi) is 16.7. The van der Waals surface area contributed by atoms with Crippen LogP contribution in [0.3, 0.4) is 0 Å². The van der Waals surface area contributed by atoms with Gasteiger partial charge in [-0.25, -0.2) is 4.57 Å². The van der Waals surface area contributed by atoms with E-state index in [1.807, 2.05) is 60.4 Å². The fourth-order valence-electron chi connectivity index (χ4n) is 3.77. The molecule has 0 aliphatic heterocycles. The third kappa shape index (κ3) is 13.6. The van der Waals surface area contributed by atoms with Crippen LogP contribution in [0.2, 0.25) is 0 Å². The summed E-state index contributed by atoms with van der Waals surface area (Å²) >= 11 is 0. The Morgan fingerprint density at radius 2 is 1.30 bits per heavy atom. The molecule has 0 fully saturated rings. The number of rotatable bonds is 17. The summed E-state index contributed by atoms with van der Waals surface area (Å²) in [7, 11) is 1.93. The number of amides is 1. The third-order valence-electron chi connectivity index (χ3n) is 5.88. The van der Waals surface area contributed by atoms with Crippen molar-refractivity contribution in [1.29, 1.82) is 0 Å². The number of hydrogen-bond donors (Lipinski definition) is 1. The molecule has 0 saturated carbocycles. The predicted octanol–water partition coefficient (Wildman–Crippen LogP) is 3.53.